The van der Waals surface area contributed by atoms with Gasteiger partial charge in [-0.2, -0.15) is 0 Å². The maximum Gasteiger partial charge on any atom is 0.165 e. The van der Waals surface area contributed by atoms with Gasteiger partial charge in [0.05, 0.1) is 11.4 Å². The standard InChI is InChI=1S/C16H26N2O2/c1-2-3-4-5-6-7-8-9-13(19)12-10-11-14(20)16(18)15(12)17/h10-11,20H,2-9,17-18H2,1H3. The first-order valence-electron chi connectivity index (χ1n) is 7.48. The average Bonchev–Trinajstić information content (AvgIpc) is 2.43. The number of unbranched alkanes of at least 4 members (excludes halogenated alkanes) is 6. The van der Waals surface area contributed by atoms with Crippen molar-refractivity contribution in [2.24, 2.45) is 0 Å². The fraction of sp³-hybridized carbons (Fsp3) is 0.562. The van der Waals surface area contributed by atoms with Gasteiger partial charge < -0.3 is 16.6 Å². The second kappa shape index (κ2) is 8.46. The van der Waals surface area contributed by atoms with Crippen LogP contribution in [0.2, 0.25) is 0 Å². The minimum atomic E-state index is -0.0741. The van der Waals surface area contributed by atoms with Gasteiger partial charge >= 0.3 is 0 Å². The van der Waals surface area contributed by atoms with E-state index in [-0.39, 0.29) is 22.9 Å². The minimum Gasteiger partial charge on any atom is -0.506 e. The maximum atomic E-state index is 12.0. The summed E-state index contributed by atoms with van der Waals surface area (Å²) in [5.41, 5.74) is 12.1. The van der Waals surface area contributed by atoms with Crippen LogP contribution in [0.15, 0.2) is 12.1 Å². The zero-order valence-electron chi connectivity index (χ0n) is 12.3. The van der Waals surface area contributed by atoms with Crippen LogP contribution in [-0.4, -0.2) is 10.9 Å². The highest BCUT2D eigenvalue weighted by molar-refractivity contribution is 6.03. The van der Waals surface area contributed by atoms with E-state index in [1.54, 1.807) is 6.07 Å². The van der Waals surface area contributed by atoms with Crippen molar-refractivity contribution in [2.75, 3.05) is 11.5 Å². The number of nitrogen functional groups attached to an aromatic ring is 2. The van der Waals surface area contributed by atoms with Gasteiger partial charge in [0.25, 0.3) is 0 Å². The molecule has 1 aromatic rings. The summed E-state index contributed by atoms with van der Waals surface area (Å²) in [5, 5.41) is 9.41. The van der Waals surface area contributed by atoms with Crippen molar-refractivity contribution in [1.82, 2.24) is 0 Å². The number of carbonyl (C=O) groups is 1. The Morgan fingerprint density at radius 1 is 1.00 bits per heavy atom. The topological polar surface area (TPSA) is 89.3 Å². The molecular weight excluding hydrogens is 252 g/mol. The molecule has 0 fully saturated rings. The van der Waals surface area contributed by atoms with Crippen molar-refractivity contribution in [3.63, 3.8) is 0 Å². The van der Waals surface area contributed by atoms with Gasteiger partial charge in [-0.3, -0.25) is 4.79 Å². The first-order valence-corrected chi connectivity index (χ1v) is 7.48. The number of carbonyl (C=O) groups excluding carboxylic acids is 1. The largest absolute Gasteiger partial charge is 0.506 e. The molecule has 0 heterocycles. The van der Waals surface area contributed by atoms with Gasteiger partial charge in [-0.25, -0.2) is 0 Å². The normalized spacial score (nSPS) is 10.7. The van der Waals surface area contributed by atoms with E-state index >= 15 is 0 Å². The zero-order chi connectivity index (χ0) is 15.0. The van der Waals surface area contributed by atoms with Crippen LogP contribution >= 0.6 is 0 Å². The molecule has 4 heteroatoms. The fourth-order valence-corrected chi connectivity index (χ4v) is 2.25. The molecule has 0 saturated heterocycles. The molecule has 20 heavy (non-hydrogen) atoms. The van der Waals surface area contributed by atoms with Gasteiger partial charge in [-0.05, 0) is 18.6 Å². The van der Waals surface area contributed by atoms with Gasteiger partial charge in [-0.15, -0.1) is 0 Å². The third kappa shape index (κ3) is 4.76. The number of aromatic hydroxyl groups is 1. The quantitative estimate of drug-likeness (QED) is 0.277. The Hall–Kier alpha value is -1.71. The maximum absolute atomic E-state index is 12.0. The molecular formula is C16H26N2O2. The molecule has 0 aliphatic heterocycles. The number of benzene rings is 1. The number of anilines is 2. The van der Waals surface area contributed by atoms with Gasteiger partial charge in [0.2, 0.25) is 0 Å². The highest BCUT2D eigenvalue weighted by Gasteiger charge is 2.13. The van der Waals surface area contributed by atoms with Crippen LogP contribution in [0, 0.1) is 0 Å². The summed E-state index contributed by atoms with van der Waals surface area (Å²) in [6.45, 7) is 2.20. The Labute approximate surface area is 121 Å². The molecule has 1 aromatic carbocycles. The van der Waals surface area contributed by atoms with Crippen molar-refractivity contribution < 1.29 is 9.90 Å². The third-order valence-corrected chi connectivity index (χ3v) is 3.57. The lowest BCUT2D eigenvalue weighted by Gasteiger charge is -2.08. The second-order valence-electron chi connectivity index (χ2n) is 5.25. The molecule has 0 radical (unpaired) electrons. The number of hydrogen-bond acceptors (Lipinski definition) is 4. The Kier molecular flexibility index (Phi) is 6.91. The minimum absolute atomic E-state index is 0.00255. The summed E-state index contributed by atoms with van der Waals surface area (Å²) in [7, 11) is 0. The van der Waals surface area contributed by atoms with E-state index < -0.39 is 0 Å². The number of nitrogens with two attached hydrogens (primary N) is 2. The molecule has 112 valence electrons. The highest BCUT2D eigenvalue weighted by Crippen LogP contribution is 2.30. The number of rotatable bonds is 9. The van der Waals surface area contributed by atoms with Crippen LogP contribution in [0.5, 0.6) is 5.75 Å². The van der Waals surface area contributed by atoms with Gasteiger partial charge in [0.15, 0.2) is 5.78 Å². The Balaban J connectivity index is 2.35. The second-order valence-corrected chi connectivity index (χ2v) is 5.25. The smallest absolute Gasteiger partial charge is 0.165 e. The average molecular weight is 278 g/mol. The molecule has 0 aromatic heterocycles. The molecule has 0 aliphatic rings. The van der Waals surface area contributed by atoms with Crippen LogP contribution in [0.25, 0.3) is 0 Å². The number of ketones is 1. The summed E-state index contributed by atoms with van der Waals surface area (Å²) >= 11 is 0. The first kappa shape index (κ1) is 16.3. The zero-order valence-corrected chi connectivity index (χ0v) is 12.3. The number of Topliss-reactive ketones (excluding diaryl/α,β-unsaturated/α-hetero) is 1. The molecule has 0 atom stereocenters. The van der Waals surface area contributed by atoms with E-state index in [0.29, 0.717) is 12.0 Å². The molecule has 0 amide bonds. The van der Waals surface area contributed by atoms with Crippen molar-refractivity contribution >= 4 is 17.2 Å². The molecule has 0 aliphatic carbocycles. The Morgan fingerprint density at radius 3 is 2.25 bits per heavy atom. The molecule has 0 saturated carbocycles. The van der Waals surface area contributed by atoms with Crippen molar-refractivity contribution in [3.05, 3.63) is 17.7 Å². The first-order chi connectivity index (χ1) is 9.57. The third-order valence-electron chi connectivity index (χ3n) is 3.57. The number of phenols is 1. The predicted octanol–water partition coefficient (Wildman–Crippen LogP) is 3.88. The SMILES string of the molecule is CCCCCCCCCC(=O)c1ccc(O)c(N)c1N. The van der Waals surface area contributed by atoms with E-state index in [1.807, 2.05) is 0 Å². The fourth-order valence-electron chi connectivity index (χ4n) is 2.25. The summed E-state index contributed by atoms with van der Waals surface area (Å²) < 4.78 is 0. The molecule has 5 N–H and O–H groups in total. The lowest BCUT2D eigenvalue weighted by molar-refractivity contribution is 0.0980. The van der Waals surface area contributed by atoms with Crippen molar-refractivity contribution in [2.45, 2.75) is 58.3 Å². The van der Waals surface area contributed by atoms with Crippen molar-refractivity contribution in [1.29, 1.82) is 0 Å². The summed E-state index contributed by atoms with van der Waals surface area (Å²) in [6.07, 6.45) is 8.70. The van der Waals surface area contributed by atoms with Crippen LogP contribution in [0.4, 0.5) is 11.4 Å². The van der Waals surface area contributed by atoms with Crippen LogP contribution in [-0.2, 0) is 0 Å². The molecule has 1 rings (SSSR count). The van der Waals surface area contributed by atoms with Crippen LogP contribution < -0.4 is 11.5 Å². The van der Waals surface area contributed by atoms with E-state index in [9.17, 15) is 9.90 Å². The van der Waals surface area contributed by atoms with Gasteiger partial charge in [-0.1, -0.05) is 45.4 Å². The highest BCUT2D eigenvalue weighted by atomic mass is 16.3. The molecule has 4 nitrogen and oxygen atoms in total. The van der Waals surface area contributed by atoms with E-state index in [1.165, 1.54) is 38.2 Å². The van der Waals surface area contributed by atoms with Gasteiger partial charge in [0.1, 0.15) is 5.75 Å². The van der Waals surface area contributed by atoms with Gasteiger partial charge in [0, 0.05) is 12.0 Å². The summed E-state index contributed by atoms with van der Waals surface area (Å²) in [5.74, 6) is -0.0715. The number of hydrogen-bond donors (Lipinski definition) is 3. The summed E-state index contributed by atoms with van der Waals surface area (Å²) in [6, 6.07) is 2.97. The molecule has 0 unspecified atom stereocenters. The van der Waals surface area contributed by atoms with E-state index in [2.05, 4.69) is 6.92 Å². The number of phenolic OH excluding ortho intramolecular Hbond substituents is 1. The lowest BCUT2D eigenvalue weighted by Crippen LogP contribution is -2.06. The van der Waals surface area contributed by atoms with E-state index in [4.69, 9.17) is 11.5 Å². The molecule has 0 spiro atoms. The monoisotopic (exact) mass is 278 g/mol. The van der Waals surface area contributed by atoms with Crippen molar-refractivity contribution in [3.8, 4) is 5.75 Å². The van der Waals surface area contributed by atoms with Crippen LogP contribution in [0.3, 0.4) is 0 Å². The molecule has 0 bridgehead atoms. The Morgan fingerprint density at radius 2 is 1.60 bits per heavy atom. The summed E-state index contributed by atoms with van der Waals surface area (Å²) in [4.78, 5) is 12.0. The van der Waals surface area contributed by atoms with Crippen LogP contribution in [0.1, 0.15) is 68.6 Å². The predicted molar refractivity (Wildman–Crippen MR) is 83.9 cm³/mol. The lowest BCUT2D eigenvalue weighted by atomic mass is 10.0. The Bertz CT molecular complexity index is 444. The van der Waals surface area contributed by atoms with E-state index in [0.717, 1.165) is 12.8 Å².